The van der Waals surface area contributed by atoms with Crippen LogP contribution in [0, 0.1) is 0 Å². The predicted molar refractivity (Wildman–Crippen MR) is 62.3 cm³/mol. The van der Waals surface area contributed by atoms with Gasteiger partial charge in [0.25, 0.3) is 0 Å². The van der Waals surface area contributed by atoms with Gasteiger partial charge >= 0.3 is 0 Å². The smallest absolute Gasteiger partial charge is 0.240 e. The van der Waals surface area contributed by atoms with Crippen LogP contribution in [-0.2, 0) is 11.3 Å². The fourth-order valence-corrected chi connectivity index (χ4v) is 1.37. The van der Waals surface area contributed by atoms with E-state index in [0.29, 0.717) is 5.56 Å². The SMILES string of the molecule is CC(=O)c1ccn(CC(=O)NC(C)(C)C)c1. The summed E-state index contributed by atoms with van der Waals surface area (Å²) in [6.07, 6.45) is 3.42. The molecule has 0 unspecified atom stereocenters. The van der Waals surface area contributed by atoms with Crippen LogP contribution in [0.3, 0.4) is 0 Å². The van der Waals surface area contributed by atoms with Gasteiger partial charge in [-0.05, 0) is 33.8 Å². The molecule has 1 rings (SSSR count). The first-order chi connectivity index (χ1) is 7.28. The molecule has 1 N–H and O–H groups in total. The lowest BCUT2D eigenvalue weighted by Crippen LogP contribution is -2.42. The van der Waals surface area contributed by atoms with Crippen molar-refractivity contribution in [3.8, 4) is 0 Å². The lowest BCUT2D eigenvalue weighted by Gasteiger charge is -2.20. The molecule has 4 heteroatoms. The van der Waals surface area contributed by atoms with E-state index in [1.807, 2.05) is 20.8 Å². The molecule has 1 aromatic rings. The highest BCUT2D eigenvalue weighted by molar-refractivity contribution is 5.93. The van der Waals surface area contributed by atoms with Crippen molar-refractivity contribution in [1.29, 1.82) is 0 Å². The van der Waals surface area contributed by atoms with Gasteiger partial charge < -0.3 is 9.88 Å². The third kappa shape index (κ3) is 3.88. The highest BCUT2D eigenvalue weighted by Gasteiger charge is 2.13. The summed E-state index contributed by atoms with van der Waals surface area (Å²) in [5.74, 6) is -0.0480. The summed E-state index contributed by atoms with van der Waals surface area (Å²) in [7, 11) is 0. The molecule has 0 atom stereocenters. The minimum atomic E-state index is -0.229. The van der Waals surface area contributed by atoms with Crippen molar-refractivity contribution in [2.75, 3.05) is 0 Å². The summed E-state index contributed by atoms with van der Waals surface area (Å²) in [4.78, 5) is 22.6. The van der Waals surface area contributed by atoms with Crippen molar-refractivity contribution in [2.24, 2.45) is 0 Å². The number of hydrogen-bond donors (Lipinski definition) is 1. The van der Waals surface area contributed by atoms with E-state index in [0.717, 1.165) is 0 Å². The molecule has 0 radical (unpaired) electrons. The van der Waals surface area contributed by atoms with Gasteiger partial charge in [-0.2, -0.15) is 0 Å². The maximum Gasteiger partial charge on any atom is 0.240 e. The number of nitrogens with zero attached hydrogens (tertiary/aromatic N) is 1. The Morgan fingerprint density at radius 1 is 1.38 bits per heavy atom. The quantitative estimate of drug-likeness (QED) is 0.790. The maximum atomic E-state index is 11.6. The number of hydrogen-bond acceptors (Lipinski definition) is 2. The van der Waals surface area contributed by atoms with E-state index in [9.17, 15) is 9.59 Å². The summed E-state index contributed by atoms with van der Waals surface area (Å²) in [5.41, 5.74) is 0.400. The molecule has 0 aromatic carbocycles. The minimum Gasteiger partial charge on any atom is -0.350 e. The first kappa shape index (κ1) is 12.5. The van der Waals surface area contributed by atoms with E-state index in [-0.39, 0.29) is 23.8 Å². The average Bonchev–Trinajstić information content (AvgIpc) is 2.48. The zero-order valence-corrected chi connectivity index (χ0v) is 10.2. The zero-order valence-electron chi connectivity index (χ0n) is 10.2. The molecule has 0 fully saturated rings. The van der Waals surface area contributed by atoms with Crippen LogP contribution in [0.25, 0.3) is 0 Å². The molecule has 0 aliphatic rings. The molecule has 0 spiro atoms. The van der Waals surface area contributed by atoms with Crippen LogP contribution >= 0.6 is 0 Å². The van der Waals surface area contributed by atoms with Gasteiger partial charge in [-0.25, -0.2) is 0 Å². The van der Waals surface area contributed by atoms with Crippen molar-refractivity contribution in [1.82, 2.24) is 9.88 Å². The summed E-state index contributed by atoms with van der Waals surface area (Å²) in [5, 5.41) is 2.86. The molecule has 1 amide bonds. The van der Waals surface area contributed by atoms with Crippen LogP contribution in [0.1, 0.15) is 38.1 Å². The fraction of sp³-hybridized carbons (Fsp3) is 0.500. The molecule has 0 saturated heterocycles. The molecule has 88 valence electrons. The van der Waals surface area contributed by atoms with E-state index in [2.05, 4.69) is 5.32 Å². The minimum absolute atomic E-state index is 0.00924. The third-order valence-electron chi connectivity index (χ3n) is 2.00. The fourth-order valence-electron chi connectivity index (χ4n) is 1.37. The molecular weight excluding hydrogens is 204 g/mol. The van der Waals surface area contributed by atoms with Gasteiger partial charge in [0.2, 0.25) is 5.91 Å². The molecule has 0 aliphatic heterocycles. The second-order valence-electron chi connectivity index (χ2n) is 4.93. The molecule has 4 nitrogen and oxygen atoms in total. The average molecular weight is 222 g/mol. The Bertz CT molecular complexity index is 399. The normalized spacial score (nSPS) is 11.2. The van der Waals surface area contributed by atoms with Crippen molar-refractivity contribution in [2.45, 2.75) is 39.8 Å². The molecular formula is C12H18N2O2. The Kier molecular flexibility index (Phi) is 3.52. The van der Waals surface area contributed by atoms with E-state index >= 15 is 0 Å². The Balaban J connectivity index is 2.60. The van der Waals surface area contributed by atoms with Gasteiger partial charge in [-0.15, -0.1) is 0 Å². The summed E-state index contributed by atoms with van der Waals surface area (Å²) in [6, 6.07) is 1.71. The number of amides is 1. The first-order valence-electron chi connectivity index (χ1n) is 5.26. The molecule has 1 heterocycles. The molecule has 1 aromatic heterocycles. The summed E-state index contributed by atoms with van der Waals surface area (Å²) < 4.78 is 1.71. The van der Waals surface area contributed by atoms with Gasteiger partial charge in [0.05, 0.1) is 0 Å². The summed E-state index contributed by atoms with van der Waals surface area (Å²) >= 11 is 0. The molecule has 16 heavy (non-hydrogen) atoms. The Morgan fingerprint density at radius 2 is 2.00 bits per heavy atom. The van der Waals surface area contributed by atoms with Gasteiger partial charge in [-0.1, -0.05) is 0 Å². The largest absolute Gasteiger partial charge is 0.350 e. The highest BCUT2D eigenvalue weighted by atomic mass is 16.2. The van der Waals surface area contributed by atoms with Crippen LogP contribution in [0.4, 0.5) is 0 Å². The number of Topliss-reactive ketones (excluding diaryl/α,β-unsaturated/α-hetero) is 1. The molecule has 0 bridgehead atoms. The number of rotatable bonds is 3. The van der Waals surface area contributed by atoms with Crippen LogP contribution in [0.2, 0.25) is 0 Å². The van der Waals surface area contributed by atoms with Gasteiger partial charge in [0, 0.05) is 23.5 Å². The number of ketones is 1. The maximum absolute atomic E-state index is 11.6. The standard InChI is InChI=1S/C12H18N2O2/c1-9(15)10-5-6-14(7-10)8-11(16)13-12(2,3)4/h5-7H,8H2,1-4H3,(H,13,16). The van der Waals surface area contributed by atoms with Crippen LogP contribution in [0.15, 0.2) is 18.5 Å². The number of nitrogens with one attached hydrogen (secondary N) is 1. The van der Waals surface area contributed by atoms with Crippen LogP contribution in [-0.4, -0.2) is 21.8 Å². The lowest BCUT2D eigenvalue weighted by molar-refractivity contribution is -0.123. The second-order valence-corrected chi connectivity index (χ2v) is 4.93. The zero-order chi connectivity index (χ0) is 12.3. The number of carbonyl (C=O) groups excluding carboxylic acids is 2. The predicted octanol–water partition coefficient (Wildman–Crippen LogP) is 1.61. The van der Waals surface area contributed by atoms with Crippen molar-refractivity contribution in [3.63, 3.8) is 0 Å². The monoisotopic (exact) mass is 222 g/mol. The van der Waals surface area contributed by atoms with Gasteiger partial charge in [0.1, 0.15) is 6.54 Å². The van der Waals surface area contributed by atoms with E-state index < -0.39 is 0 Å². The van der Waals surface area contributed by atoms with Gasteiger partial charge in [-0.3, -0.25) is 9.59 Å². The lowest BCUT2D eigenvalue weighted by atomic mass is 10.1. The topological polar surface area (TPSA) is 51.1 Å². The second kappa shape index (κ2) is 4.51. The van der Waals surface area contributed by atoms with Gasteiger partial charge in [0.15, 0.2) is 5.78 Å². The number of carbonyl (C=O) groups is 2. The number of aromatic nitrogens is 1. The van der Waals surface area contributed by atoms with Crippen LogP contribution in [0.5, 0.6) is 0 Å². The summed E-state index contributed by atoms with van der Waals surface area (Å²) in [6.45, 7) is 7.55. The van der Waals surface area contributed by atoms with E-state index in [1.54, 1.807) is 23.0 Å². The third-order valence-corrected chi connectivity index (χ3v) is 2.00. The Morgan fingerprint density at radius 3 is 2.44 bits per heavy atom. The first-order valence-corrected chi connectivity index (χ1v) is 5.26. The van der Waals surface area contributed by atoms with E-state index in [4.69, 9.17) is 0 Å². The highest BCUT2D eigenvalue weighted by Crippen LogP contribution is 2.03. The molecule has 0 saturated carbocycles. The Labute approximate surface area is 95.6 Å². The van der Waals surface area contributed by atoms with Crippen molar-refractivity contribution < 1.29 is 9.59 Å². The van der Waals surface area contributed by atoms with Crippen LogP contribution < -0.4 is 5.32 Å². The van der Waals surface area contributed by atoms with Crippen molar-refractivity contribution >= 4 is 11.7 Å². The molecule has 0 aliphatic carbocycles. The van der Waals surface area contributed by atoms with E-state index in [1.165, 1.54) is 6.92 Å². The Hall–Kier alpha value is -1.58. The van der Waals surface area contributed by atoms with Crippen molar-refractivity contribution in [3.05, 3.63) is 24.0 Å².